The zero-order valence-electron chi connectivity index (χ0n) is 10.7. The third-order valence-electron chi connectivity index (χ3n) is 2.56. The average molecular weight is 318 g/mol. The van der Waals surface area contributed by atoms with E-state index in [-0.39, 0.29) is 0 Å². The molecule has 104 valence electrons. The van der Waals surface area contributed by atoms with Gasteiger partial charge in [-0.1, -0.05) is 29.3 Å². The Bertz CT molecular complexity index is 731. The number of hydrogen-bond donors (Lipinski definition) is 0. The van der Waals surface area contributed by atoms with Crippen molar-refractivity contribution in [1.29, 1.82) is 5.26 Å². The van der Waals surface area contributed by atoms with Crippen molar-refractivity contribution in [3.05, 3.63) is 69.7 Å². The van der Waals surface area contributed by atoms with Crippen LogP contribution in [0, 0.1) is 11.3 Å². The number of nitrogens with zero attached hydrogens (tertiary/aromatic N) is 1. The van der Waals surface area contributed by atoms with E-state index in [0.29, 0.717) is 26.9 Å². The Labute approximate surface area is 132 Å². The SMILES string of the molecule is N#Cc1ccc(OC(=O)/C=C/c2ccc(Cl)cc2Cl)cc1. The molecule has 21 heavy (non-hydrogen) atoms. The number of ether oxygens (including phenoxy) is 1. The quantitative estimate of drug-likeness (QED) is 0.476. The molecule has 0 aliphatic heterocycles. The van der Waals surface area contributed by atoms with E-state index in [1.165, 1.54) is 6.08 Å². The number of carbonyl (C=O) groups is 1. The molecular formula is C16H9Cl2NO2. The van der Waals surface area contributed by atoms with E-state index in [1.807, 2.05) is 6.07 Å². The van der Waals surface area contributed by atoms with E-state index in [0.717, 1.165) is 0 Å². The fourth-order valence-corrected chi connectivity index (χ4v) is 2.01. The van der Waals surface area contributed by atoms with Crippen molar-refractivity contribution >= 4 is 35.2 Å². The first kappa shape index (κ1) is 15.1. The maximum absolute atomic E-state index is 11.7. The molecule has 0 aliphatic rings. The van der Waals surface area contributed by atoms with Gasteiger partial charge in [0.25, 0.3) is 0 Å². The van der Waals surface area contributed by atoms with Gasteiger partial charge in [-0.15, -0.1) is 0 Å². The van der Waals surface area contributed by atoms with Crippen molar-refractivity contribution in [2.45, 2.75) is 0 Å². The van der Waals surface area contributed by atoms with Crippen LogP contribution in [0.15, 0.2) is 48.5 Å². The summed E-state index contributed by atoms with van der Waals surface area (Å²) in [4.78, 5) is 11.7. The van der Waals surface area contributed by atoms with Crippen LogP contribution in [-0.2, 0) is 4.79 Å². The maximum atomic E-state index is 11.7. The van der Waals surface area contributed by atoms with Crippen molar-refractivity contribution in [3.63, 3.8) is 0 Å². The van der Waals surface area contributed by atoms with Crippen LogP contribution in [0.2, 0.25) is 10.0 Å². The summed E-state index contributed by atoms with van der Waals surface area (Å²) in [5.74, 6) is -0.170. The highest BCUT2D eigenvalue weighted by molar-refractivity contribution is 6.35. The molecule has 0 unspecified atom stereocenters. The fraction of sp³-hybridized carbons (Fsp3) is 0. The molecule has 2 rings (SSSR count). The Morgan fingerprint density at radius 3 is 2.48 bits per heavy atom. The van der Waals surface area contributed by atoms with Crippen molar-refractivity contribution in [3.8, 4) is 11.8 Å². The molecular weight excluding hydrogens is 309 g/mol. The average Bonchev–Trinajstić information content (AvgIpc) is 2.47. The first-order valence-corrected chi connectivity index (χ1v) is 6.69. The van der Waals surface area contributed by atoms with Crippen LogP contribution in [0.3, 0.4) is 0 Å². The summed E-state index contributed by atoms with van der Waals surface area (Å²) < 4.78 is 5.09. The molecule has 0 amide bonds. The molecule has 0 saturated carbocycles. The molecule has 0 bridgehead atoms. The topological polar surface area (TPSA) is 50.1 Å². The number of nitriles is 1. The van der Waals surface area contributed by atoms with Crippen molar-refractivity contribution in [2.75, 3.05) is 0 Å². The number of hydrogen-bond acceptors (Lipinski definition) is 3. The van der Waals surface area contributed by atoms with E-state index >= 15 is 0 Å². The summed E-state index contributed by atoms with van der Waals surface area (Å²) in [6, 6.07) is 13.2. The van der Waals surface area contributed by atoms with Crippen molar-refractivity contribution < 1.29 is 9.53 Å². The lowest BCUT2D eigenvalue weighted by atomic mass is 10.2. The highest BCUT2D eigenvalue weighted by atomic mass is 35.5. The van der Waals surface area contributed by atoms with Gasteiger partial charge in [0.1, 0.15) is 5.75 Å². The van der Waals surface area contributed by atoms with Crippen LogP contribution in [0.5, 0.6) is 5.75 Å². The van der Waals surface area contributed by atoms with Crippen LogP contribution in [0.25, 0.3) is 6.08 Å². The lowest BCUT2D eigenvalue weighted by Crippen LogP contribution is -2.03. The molecule has 0 spiro atoms. The molecule has 0 N–H and O–H groups in total. The summed E-state index contributed by atoms with van der Waals surface area (Å²) in [6.07, 6.45) is 2.82. The van der Waals surface area contributed by atoms with Gasteiger partial charge in [-0.3, -0.25) is 0 Å². The minimum Gasteiger partial charge on any atom is -0.423 e. The zero-order chi connectivity index (χ0) is 15.2. The van der Waals surface area contributed by atoms with E-state index in [1.54, 1.807) is 48.5 Å². The largest absolute Gasteiger partial charge is 0.423 e. The molecule has 2 aromatic rings. The second kappa shape index (κ2) is 6.94. The standard InChI is InChI=1S/C16H9Cl2NO2/c17-13-5-3-12(15(18)9-13)4-8-16(20)21-14-6-1-11(10-19)2-7-14/h1-9H/b8-4+. The first-order valence-electron chi connectivity index (χ1n) is 5.93. The molecule has 0 fully saturated rings. The fourth-order valence-electron chi connectivity index (χ4n) is 1.54. The molecule has 0 aromatic heterocycles. The maximum Gasteiger partial charge on any atom is 0.336 e. The Morgan fingerprint density at radius 2 is 1.86 bits per heavy atom. The lowest BCUT2D eigenvalue weighted by Gasteiger charge is -2.01. The van der Waals surface area contributed by atoms with Gasteiger partial charge in [0, 0.05) is 16.1 Å². The Morgan fingerprint density at radius 1 is 1.14 bits per heavy atom. The van der Waals surface area contributed by atoms with Crippen molar-refractivity contribution in [2.24, 2.45) is 0 Å². The van der Waals surface area contributed by atoms with Crippen LogP contribution < -0.4 is 4.74 Å². The minimum absolute atomic E-state index is 0.367. The van der Waals surface area contributed by atoms with Gasteiger partial charge in [0.05, 0.1) is 11.6 Å². The van der Waals surface area contributed by atoms with Gasteiger partial charge in [0.2, 0.25) is 0 Å². The molecule has 2 aromatic carbocycles. The summed E-state index contributed by atoms with van der Waals surface area (Å²) in [6.45, 7) is 0. The molecule has 0 radical (unpaired) electrons. The van der Waals surface area contributed by atoms with Gasteiger partial charge in [-0.2, -0.15) is 5.26 Å². The van der Waals surface area contributed by atoms with Crippen LogP contribution in [0.1, 0.15) is 11.1 Å². The normalized spacial score (nSPS) is 10.3. The van der Waals surface area contributed by atoms with E-state index in [9.17, 15) is 4.79 Å². The molecule has 0 atom stereocenters. The number of esters is 1. The first-order chi connectivity index (χ1) is 10.1. The number of carbonyl (C=O) groups excluding carboxylic acids is 1. The Balaban J connectivity index is 2.03. The number of benzene rings is 2. The smallest absolute Gasteiger partial charge is 0.336 e. The second-order valence-electron chi connectivity index (χ2n) is 4.06. The molecule has 0 saturated heterocycles. The summed E-state index contributed by atoms with van der Waals surface area (Å²) in [7, 11) is 0. The van der Waals surface area contributed by atoms with Gasteiger partial charge < -0.3 is 4.74 Å². The number of rotatable bonds is 3. The minimum atomic E-state index is -0.536. The predicted octanol–water partition coefficient (Wildman–Crippen LogP) is 4.48. The van der Waals surface area contributed by atoms with Crippen molar-refractivity contribution in [1.82, 2.24) is 0 Å². The van der Waals surface area contributed by atoms with E-state index in [2.05, 4.69) is 0 Å². The summed E-state index contributed by atoms with van der Waals surface area (Å²) in [5.41, 5.74) is 1.16. The molecule has 5 heteroatoms. The van der Waals surface area contributed by atoms with Crippen LogP contribution in [-0.4, -0.2) is 5.97 Å². The highest BCUT2D eigenvalue weighted by Crippen LogP contribution is 2.22. The number of halogens is 2. The predicted molar refractivity (Wildman–Crippen MR) is 82.3 cm³/mol. The van der Waals surface area contributed by atoms with Gasteiger partial charge in [0.15, 0.2) is 0 Å². The third kappa shape index (κ3) is 4.35. The summed E-state index contributed by atoms with van der Waals surface area (Å²) >= 11 is 11.8. The molecule has 0 aliphatic carbocycles. The second-order valence-corrected chi connectivity index (χ2v) is 4.90. The van der Waals surface area contributed by atoms with Crippen LogP contribution >= 0.6 is 23.2 Å². The van der Waals surface area contributed by atoms with Gasteiger partial charge in [-0.05, 0) is 48.0 Å². The summed E-state index contributed by atoms with van der Waals surface area (Å²) in [5, 5.41) is 9.65. The Kier molecular flexibility index (Phi) is 4.99. The van der Waals surface area contributed by atoms with E-state index < -0.39 is 5.97 Å². The Hall–Kier alpha value is -2.28. The van der Waals surface area contributed by atoms with Gasteiger partial charge in [-0.25, -0.2) is 4.79 Å². The van der Waals surface area contributed by atoms with Crippen LogP contribution in [0.4, 0.5) is 0 Å². The third-order valence-corrected chi connectivity index (χ3v) is 3.13. The monoisotopic (exact) mass is 317 g/mol. The molecule has 3 nitrogen and oxygen atoms in total. The molecule has 0 heterocycles. The lowest BCUT2D eigenvalue weighted by molar-refractivity contribution is -0.128. The van der Waals surface area contributed by atoms with E-state index in [4.69, 9.17) is 33.2 Å². The van der Waals surface area contributed by atoms with Gasteiger partial charge >= 0.3 is 5.97 Å². The zero-order valence-corrected chi connectivity index (χ0v) is 12.2. The highest BCUT2D eigenvalue weighted by Gasteiger charge is 2.02.